The molecule has 0 radical (unpaired) electrons. The van der Waals surface area contributed by atoms with Gasteiger partial charge in [0.2, 0.25) is 10.0 Å². The van der Waals surface area contributed by atoms with Crippen LogP contribution in [0, 0.1) is 0 Å². The number of nitrogens with one attached hydrogen (secondary N) is 1. The van der Waals surface area contributed by atoms with Crippen LogP contribution in [0.4, 0.5) is 0 Å². The Morgan fingerprint density at radius 2 is 1.81 bits per heavy atom. The normalized spacial score (nSPS) is 21.0. The second-order valence-corrected chi connectivity index (χ2v) is 10.7. The predicted octanol–water partition coefficient (Wildman–Crippen LogP) is 4.56. The van der Waals surface area contributed by atoms with Crippen molar-refractivity contribution in [3.05, 3.63) is 64.1 Å². The monoisotopic (exact) mass is 484 g/mol. The highest BCUT2D eigenvalue weighted by Gasteiger charge is 2.44. The van der Waals surface area contributed by atoms with E-state index >= 15 is 0 Å². The molecule has 0 aromatic heterocycles. The van der Waals surface area contributed by atoms with Crippen LogP contribution < -0.4 is 5.32 Å². The van der Waals surface area contributed by atoms with E-state index in [9.17, 15) is 18.3 Å². The summed E-state index contributed by atoms with van der Waals surface area (Å²) in [5.74, 6) is -1.01. The molecular formula is C22H26Cl2N2O4S. The van der Waals surface area contributed by atoms with E-state index in [2.05, 4.69) is 5.32 Å². The minimum absolute atomic E-state index is 0.00362. The summed E-state index contributed by atoms with van der Waals surface area (Å²) < 4.78 is 28.3. The maximum Gasteiger partial charge on any atom is 0.320 e. The van der Waals surface area contributed by atoms with Crippen LogP contribution in [0.1, 0.15) is 38.2 Å². The number of carbonyl (C=O) groups is 1. The molecule has 1 aliphatic rings. The van der Waals surface area contributed by atoms with Crippen molar-refractivity contribution in [2.45, 2.75) is 55.6 Å². The summed E-state index contributed by atoms with van der Waals surface area (Å²) in [5, 5.41) is 13.4. The lowest BCUT2D eigenvalue weighted by Gasteiger charge is -2.45. The predicted molar refractivity (Wildman–Crippen MR) is 122 cm³/mol. The molecule has 1 saturated heterocycles. The Bertz CT molecular complexity index is 1010. The number of hydrogen-bond acceptors (Lipinski definition) is 4. The Morgan fingerprint density at radius 3 is 2.42 bits per heavy atom. The van der Waals surface area contributed by atoms with Crippen molar-refractivity contribution in [3.8, 4) is 0 Å². The largest absolute Gasteiger partial charge is 0.480 e. The second kappa shape index (κ2) is 9.88. The van der Waals surface area contributed by atoms with Gasteiger partial charge >= 0.3 is 5.97 Å². The molecule has 2 aromatic rings. The van der Waals surface area contributed by atoms with E-state index < -0.39 is 27.7 Å². The molecule has 1 unspecified atom stereocenters. The van der Waals surface area contributed by atoms with Gasteiger partial charge in [-0.3, -0.25) is 10.1 Å². The number of halogens is 2. The number of carboxylic acid groups (broad SMARTS) is 1. The van der Waals surface area contributed by atoms with Gasteiger partial charge in [-0.05, 0) is 62.8 Å². The van der Waals surface area contributed by atoms with Gasteiger partial charge in [0.15, 0.2) is 0 Å². The number of rotatable bonds is 8. The van der Waals surface area contributed by atoms with Crippen LogP contribution in [0.2, 0.25) is 10.0 Å². The van der Waals surface area contributed by atoms with Crippen molar-refractivity contribution in [2.75, 3.05) is 6.54 Å². The summed E-state index contributed by atoms with van der Waals surface area (Å²) >= 11 is 12.1. The summed E-state index contributed by atoms with van der Waals surface area (Å²) in [6.07, 6.45) is 2.88. The Labute approximate surface area is 193 Å². The summed E-state index contributed by atoms with van der Waals surface area (Å²) in [6, 6.07) is 12.9. The molecule has 0 saturated carbocycles. The Kier molecular flexibility index (Phi) is 7.65. The molecule has 3 rings (SSSR count). The number of hydrogen-bond donors (Lipinski definition) is 2. The van der Waals surface area contributed by atoms with Gasteiger partial charge in [0.25, 0.3) is 0 Å². The van der Waals surface area contributed by atoms with E-state index in [0.29, 0.717) is 25.7 Å². The molecule has 2 aromatic carbocycles. The van der Waals surface area contributed by atoms with Crippen molar-refractivity contribution in [3.63, 3.8) is 0 Å². The molecule has 1 aliphatic heterocycles. The molecule has 2 atom stereocenters. The first-order valence-electron chi connectivity index (χ1n) is 10.2. The number of piperidine rings is 1. The van der Waals surface area contributed by atoms with Crippen LogP contribution in [0.5, 0.6) is 0 Å². The summed E-state index contributed by atoms with van der Waals surface area (Å²) in [4.78, 5) is 12.0. The maximum absolute atomic E-state index is 13.5. The van der Waals surface area contributed by atoms with Gasteiger partial charge in [0.1, 0.15) is 6.04 Å². The fourth-order valence-corrected chi connectivity index (χ4v) is 6.52. The van der Waals surface area contributed by atoms with Crippen molar-refractivity contribution < 1.29 is 18.3 Å². The molecule has 2 N–H and O–H groups in total. The highest BCUT2D eigenvalue weighted by Crippen LogP contribution is 2.34. The molecule has 31 heavy (non-hydrogen) atoms. The molecule has 9 heteroatoms. The zero-order valence-corrected chi connectivity index (χ0v) is 19.6. The smallest absolute Gasteiger partial charge is 0.320 e. The lowest BCUT2D eigenvalue weighted by Crippen LogP contribution is -2.64. The van der Waals surface area contributed by atoms with E-state index in [1.165, 1.54) is 22.5 Å². The number of aliphatic carboxylic acids is 1. The molecule has 0 bridgehead atoms. The van der Waals surface area contributed by atoms with Gasteiger partial charge in [-0.15, -0.1) is 0 Å². The SMILES string of the molecule is CC1(N[C@@H](CCc2ccccc2)C(=O)O)CCCCN1S(=O)(=O)c1cc(Cl)cc(Cl)c1. The molecule has 1 fully saturated rings. The molecule has 0 spiro atoms. The van der Waals surface area contributed by atoms with Crippen LogP contribution in [0.25, 0.3) is 0 Å². The number of nitrogens with zero attached hydrogens (tertiary/aromatic N) is 1. The molecular weight excluding hydrogens is 459 g/mol. The van der Waals surface area contributed by atoms with E-state index in [1.54, 1.807) is 6.92 Å². The van der Waals surface area contributed by atoms with Crippen molar-refractivity contribution in [1.29, 1.82) is 0 Å². The van der Waals surface area contributed by atoms with Crippen LogP contribution in [-0.2, 0) is 21.2 Å². The van der Waals surface area contributed by atoms with Crippen LogP contribution in [0.15, 0.2) is 53.4 Å². The standard InChI is InChI=1S/C22H26Cl2N2O4S/c1-22(25-20(21(27)28)10-9-16-7-3-2-4-8-16)11-5-6-12-26(22)31(29,30)19-14-17(23)13-18(24)15-19/h2-4,7-8,13-15,20,25H,5-6,9-12H2,1H3,(H,27,28)/t20-,22?/m0/s1. The fourth-order valence-electron chi connectivity index (χ4n) is 4.02. The lowest BCUT2D eigenvalue weighted by atomic mass is 9.96. The summed E-state index contributed by atoms with van der Waals surface area (Å²) in [7, 11) is -3.94. The first kappa shape index (κ1) is 24.0. The van der Waals surface area contributed by atoms with Crippen LogP contribution in [0.3, 0.4) is 0 Å². The van der Waals surface area contributed by atoms with Gasteiger partial charge in [0, 0.05) is 16.6 Å². The van der Waals surface area contributed by atoms with Crippen LogP contribution >= 0.6 is 23.2 Å². The quantitative estimate of drug-likeness (QED) is 0.573. The highest BCUT2D eigenvalue weighted by molar-refractivity contribution is 7.89. The van der Waals surface area contributed by atoms with Gasteiger partial charge in [-0.1, -0.05) is 53.5 Å². The average Bonchev–Trinajstić information content (AvgIpc) is 2.71. The number of aryl methyl sites for hydroxylation is 1. The highest BCUT2D eigenvalue weighted by atomic mass is 35.5. The molecule has 0 amide bonds. The van der Waals surface area contributed by atoms with Crippen LogP contribution in [-0.4, -0.2) is 42.0 Å². The third-order valence-corrected chi connectivity index (χ3v) is 8.03. The number of sulfonamides is 1. The third kappa shape index (κ3) is 5.79. The minimum atomic E-state index is -3.94. The first-order valence-corrected chi connectivity index (χ1v) is 12.3. The molecule has 6 nitrogen and oxygen atoms in total. The Balaban J connectivity index is 1.86. The van der Waals surface area contributed by atoms with E-state index in [4.69, 9.17) is 23.2 Å². The Morgan fingerprint density at radius 1 is 1.16 bits per heavy atom. The van der Waals surface area contributed by atoms with E-state index in [0.717, 1.165) is 12.0 Å². The first-order chi connectivity index (χ1) is 14.6. The van der Waals surface area contributed by atoms with Crippen molar-refractivity contribution in [1.82, 2.24) is 9.62 Å². The van der Waals surface area contributed by atoms with Gasteiger partial charge in [-0.2, -0.15) is 4.31 Å². The number of carboxylic acids is 1. The topological polar surface area (TPSA) is 86.7 Å². The van der Waals surface area contributed by atoms with E-state index in [1.807, 2.05) is 30.3 Å². The zero-order chi connectivity index (χ0) is 22.6. The third-order valence-electron chi connectivity index (χ3n) is 5.60. The summed E-state index contributed by atoms with van der Waals surface area (Å²) in [5.41, 5.74) is -0.0200. The Hall–Kier alpha value is -1.64. The van der Waals surface area contributed by atoms with Crippen molar-refractivity contribution >= 4 is 39.2 Å². The second-order valence-electron chi connectivity index (χ2n) is 7.97. The molecule has 168 valence electrons. The molecule has 1 heterocycles. The summed E-state index contributed by atoms with van der Waals surface area (Å²) in [6.45, 7) is 2.02. The van der Waals surface area contributed by atoms with Gasteiger partial charge in [-0.25, -0.2) is 8.42 Å². The molecule has 0 aliphatic carbocycles. The van der Waals surface area contributed by atoms with Crippen molar-refractivity contribution in [2.24, 2.45) is 0 Å². The maximum atomic E-state index is 13.5. The minimum Gasteiger partial charge on any atom is -0.480 e. The average molecular weight is 485 g/mol. The van der Waals surface area contributed by atoms with E-state index in [-0.39, 0.29) is 21.5 Å². The fraction of sp³-hybridized carbons (Fsp3) is 0.409. The van der Waals surface area contributed by atoms with Gasteiger partial charge in [0.05, 0.1) is 10.6 Å². The lowest BCUT2D eigenvalue weighted by molar-refractivity contribution is -0.141. The zero-order valence-electron chi connectivity index (χ0n) is 17.2. The van der Waals surface area contributed by atoms with Gasteiger partial charge < -0.3 is 5.11 Å². The number of benzene rings is 2.